The van der Waals surface area contributed by atoms with Crippen molar-refractivity contribution in [3.05, 3.63) is 65.6 Å². The van der Waals surface area contributed by atoms with Crippen LogP contribution in [0.25, 0.3) is 17.0 Å². The summed E-state index contributed by atoms with van der Waals surface area (Å²) in [6.45, 7) is -0.578. The number of aromatic nitrogens is 6. The Labute approximate surface area is 227 Å². The molecule has 40 heavy (non-hydrogen) atoms. The van der Waals surface area contributed by atoms with Crippen molar-refractivity contribution in [2.45, 2.75) is 63.5 Å². The molecule has 0 radical (unpaired) electrons. The fraction of sp³-hybridized carbons (Fsp3) is 0.429. The number of hydrogen-bond acceptors (Lipinski definition) is 6. The summed E-state index contributed by atoms with van der Waals surface area (Å²) in [5, 5.41) is 13.5. The van der Waals surface area contributed by atoms with Gasteiger partial charge in [-0.2, -0.15) is 13.9 Å². The van der Waals surface area contributed by atoms with Crippen LogP contribution < -0.4 is 0 Å². The van der Waals surface area contributed by atoms with E-state index in [1.807, 2.05) is 35.9 Å². The fourth-order valence-corrected chi connectivity index (χ4v) is 6.19. The number of imidazole rings is 1. The molecule has 7 rings (SSSR count). The second-order valence-electron chi connectivity index (χ2n) is 11.2. The highest BCUT2D eigenvalue weighted by Crippen LogP contribution is 2.65. The molecule has 1 spiro atoms. The molecule has 0 unspecified atom stereocenters. The molecular weight excluding hydrogens is 520 g/mol. The van der Waals surface area contributed by atoms with Crippen LogP contribution in [0.15, 0.2) is 43.1 Å². The number of carboxylic acids is 1. The predicted molar refractivity (Wildman–Crippen MR) is 138 cm³/mol. The van der Waals surface area contributed by atoms with E-state index in [1.54, 1.807) is 6.20 Å². The van der Waals surface area contributed by atoms with Crippen molar-refractivity contribution in [2.24, 2.45) is 5.41 Å². The molecule has 3 aliphatic rings. The molecule has 4 aromatic rings. The molecule has 2 aliphatic carbocycles. The van der Waals surface area contributed by atoms with Crippen LogP contribution in [0.4, 0.5) is 8.78 Å². The van der Waals surface area contributed by atoms with E-state index in [1.165, 1.54) is 23.9 Å². The molecule has 4 aromatic heterocycles. The van der Waals surface area contributed by atoms with Crippen LogP contribution in [0.5, 0.6) is 0 Å². The van der Waals surface area contributed by atoms with Crippen LogP contribution in [0.2, 0.25) is 0 Å². The van der Waals surface area contributed by atoms with E-state index >= 15 is 0 Å². The molecule has 1 saturated heterocycles. The summed E-state index contributed by atoms with van der Waals surface area (Å²) in [6.07, 6.45) is 11.6. The van der Waals surface area contributed by atoms with Crippen molar-refractivity contribution in [1.82, 2.24) is 34.0 Å². The van der Waals surface area contributed by atoms with Gasteiger partial charge in [0.05, 0.1) is 23.0 Å². The lowest BCUT2D eigenvalue weighted by Gasteiger charge is -2.24. The van der Waals surface area contributed by atoms with E-state index < -0.39 is 24.0 Å². The zero-order chi connectivity index (χ0) is 27.8. The number of halogens is 2. The molecule has 12 heteroatoms. The lowest BCUT2D eigenvalue weighted by Crippen LogP contribution is -2.44. The normalized spacial score (nSPS) is 23.1. The molecule has 1 N–H and O–H groups in total. The summed E-state index contributed by atoms with van der Waals surface area (Å²) in [5.41, 5.74) is 4.23. The standard InChI is InChI=1S/C28H27F2N7O3/c1-15-19(4-5-21(33-15)18-11-31-27-34-22(17-2-3-17)14-35(27)13-18)20-9-28(20)6-7-36(25(28)40)23(24(38)39)8-16-10-32-37(12-16)26(29)30/h4-5,10-14,17,20,23,26H,2-3,6-9H2,1H3,(H,38,39)/t20-,23-,28+/m1/s1. The van der Waals surface area contributed by atoms with Gasteiger partial charge < -0.3 is 10.0 Å². The molecular formula is C28H27F2N7O3. The van der Waals surface area contributed by atoms with Crippen LogP contribution in [0, 0.1) is 12.3 Å². The number of carbonyl (C=O) groups is 2. The predicted octanol–water partition coefficient (Wildman–Crippen LogP) is 3.97. The molecule has 206 valence electrons. The molecule has 3 atom stereocenters. The highest BCUT2D eigenvalue weighted by atomic mass is 19.3. The summed E-state index contributed by atoms with van der Waals surface area (Å²) in [5.74, 6) is -0.193. The maximum absolute atomic E-state index is 13.6. The highest BCUT2D eigenvalue weighted by Gasteiger charge is 2.65. The number of nitrogens with zero attached hydrogens (tertiary/aromatic N) is 7. The Morgan fingerprint density at radius 1 is 1.18 bits per heavy atom. The average Bonchev–Trinajstić information content (AvgIpc) is 3.76. The minimum Gasteiger partial charge on any atom is -0.480 e. The van der Waals surface area contributed by atoms with Crippen LogP contribution in [0.1, 0.15) is 66.6 Å². The van der Waals surface area contributed by atoms with Crippen LogP contribution in [0.3, 0.4) is 0 Å². The molecule has 1 amide bonds. The number of aryl methyl sites for hydroxylation is 1. The first-order chi connectivity index (χ1) is 19.2. The third kappa shape index (κ3) is 4.04. The Morgan fingerprint density at radius 2 is 2.00 bits per heavy atom. The van der Waals surface area contributed by atoms with Gasteiger partial charge in [-0.3, -0.25) is 14.2 Å². The zero-order valence-corrected chi connectivity index (χ0v) is 21.7. The van der Waals surface area contributed by atoms with Gasteiger partial charge in [0, 0.05) is 60.8 Å². The number of hydrogen-bond donors (Lipinski definition) is 1. The number of likely N-dealkylation sites (tertiary alicyclic amines) is 1. The van der Waals surface area contributed by atoms with E-state index in [4.69, 9.17) is 4.98 Å². The van der Waals surface area contributed by atoms with Crippen molar-refractivity contribution in [3.8, 4) is 11.3 Å². The van der Waals surface area contributed by atoms with Gasteiger partial charge in [-0.25, -0.2) is 19.4 Å². The number of rotatable bonds is 8. The van der Waals surface area contributed by atoms with Gasteiger partial charge in [0.15, 0.2) is 0 Å². The summed E-state index contributed by atoms with van der Waals surface area (Å²) < 4.78 is 28.2. The quantitative estimate of drug-likeness (QED) is 0.355. The summed E-state index contributed by atoms with van der Waals surface area (Å²) in [4.78, 5) is 41.0. The van der Waals surface area contributed by atoms with Gasteiger partial charge in [-0.1, -0.05) is 6.07 Å². The smallest absolute Gasteiger partial charge is 0.333 e. The van der Waals surface area contributed by atoms with Gasteiger partial charge in [-0.05, 0) is 49.8 Å². The maximum atomic E-state index is 13.6. The Morgan fingerprint density at radius 3 is 2.70 bits per heavy atom. The Balaban J connectivity index is 1.09. The van der Waals surface area contributed by atoms with Crippen molar-refractivity contribution in [3.63, 3.8) is 0 Å². The zero-order valence-electron chi connectivity index (χ0n) is 21.7. The van der Waals surface area contributed by atoms with Crippen molar-refractivity contribution in [1.29, 1.82) is 0 Å². The molecule has 2 saturated carbocycles. The maximum Gasteiger partial charge on any atom is 0.333 e. The first-order valence-electron chi connectivity index (χ1n) is 13.4. The van der Waals surface area contributed by atoms with Crippen LogP contribution >= 0.6 is 0 Å². The number of carbonyl (C=O) groups excluding carboxylic acids is 1. The SMILES string of the molecule is Cc1nc(-c2cnc3nc(C4CC4)cn3c2)ccc1[C@H]1C[C@@]12CCN([C@H](Cc1cnn(C(F)F)c1)C(=O)O)C2=O. The first-order valence-corrected chi connectivity index (χ1v) is 13.4. The van der Waals surface area contributed by atoms with Gasteiger partial charge in [0.2, 0.25) is 11.7 Å². The second-order valence-corrected chi connectivity index (χ2v) is 11.2. The third-order valence-electron chi connectivity index (χ3n) is 8.63. The van der Waals surface area contributed by atoms with Gasteiger partial charge in [0.1, 0.15) is 6.04 Å². The van der Waals surface area contributed by atoms with E-state index in [2.05, 4.69) is 15.1 Å². The van der Waals surface area contributed by atoms with Gasteiger partial charge in [-0.15, -0.1) is 0 Å². The van der Waals surface area contributed by atoms with Gasteiger partial charge >= 0.3 is 12.5 Å². The first kappa shape index (κ1) is 24.8. The number of carboxylic acid groups (broad SMARTS) is 1. The fourth-order valence-electron chi connectivity index (χ4n) is 6.19. The third-order valence-corrected chi connectivity index (χ3v) is 8.63. The lowest BCUT2D eigenvalue weighted by molar-refractivity contribution is -0.149. The molecule has 1 aliphatic heterocycles. The monoisotopic (exact) mass is 547 g/mol. The molecule has 0 aromatic carbocycles. The topological polar surface area (TPSA) is 119 Å². The molecule has 10 nitrogen and oxygen atoms in total. The summed E-state index contributed by atoms with van der Waals surface area (Å²) in [7, 11) is 0. The number of aliphatic carboxylic acids is 1. The summed E-state index contributed by atoms with van der Waals surface area (Å²) >= 11 is 0. The van der Waals surface area contributed by atoms with Crippen LogP contribution in [-0.4, -0.2) is 63.6 Å². The Kier molecular flexibility index (Phi) is 5.52. The lowest BCUT2D eigenvalue weighted by atomic mass is 9.96. The van der Waals surface area contributed by atoms with Crippen molar-refractivity contribution >= 4 is 17.7 Å². The minimum absolute atomic E-state index is 0.0436. The second kappa shape index (κ2) is 8.90. The van der Waals surface area contributed by atoms with Crippen molar-refractivity contribution < 1.29 is 23.5 Å². The number of alkyl halides is 2. The molecule has 0 bridgehead atoms. The summed E-state index contributed by atoms with van der Waals surface area (Å²) in [6, 6.07) is 2.80. The largest absolute Gasteiger partial charge is 0.480 e. The van der Waals surface area contributed by atoms with E-state index in [-0.39, 0.29) is 18.2 Å². The number of pyridine rings is 1. The van der Waals surface area contributed by atoms with Crippen molar-refractivity contribution in [2.75, 3.05) is 6.54 Å². The number of fused-ring (bicyclic) bond motifs is 1. The average molecular weight is 548 g/mol. The molecule has 5 heterocycles. The Hall–Kier alpha value is -4.22. The van der Waals surface area contributed by atoms with Gasteiger partial charge in [0.25, 0.3) is 0 Å². The van der Waals surface area contributed by atoms with E-state index in [0.717, 1.165) is 34.4 Å². The highest BCUT2D eigenvalue weighted by molar-refractivity contribution is 5.93. The molecule has 3 fully saturated rings. The number of amides is 1. The van der Waals surface area contributed by atoms with Crippen LogP contribution in [-0.2, 0) is 16.0 Å². The Bertz CT molecular complexity index is 1660. The van der Waals surface area contributed by atoms with E-state index in [0.29, 0.717) is 41.3 Å². The van der Waals surface area contributed by atoms with E-state index in [9.17, 15) is 23.5 Å². The minimum atomic E-state index is -2.81.